The summed E-state index contributed by atoms with van der Waals surface area (Å²) in [4.78, 5) is 12.2. The maximum atomic E-state index is 13.0. The molecule has 0 saturated carbocycles. The van der Waals surface area contributed by atoms with Crippen LogP contribution in [0.4, 0.5) is 10.1 Å². The minimum atomic E-state index is -3.44. The Balaban J connectivity index is 1.92. The fourth-order valence-corrected chi connectivity index (χ4v) is 3.88. The Morgan fingerprint density at radius 2 is 1.71 bits per heavy atom. The zero-order chi connectivity index (χ0) is 20.7. The maximum absolute atomic E-state index is 13.0. The molecule has 0 bridgehead atoms. The summed E-state index contributed by atoms with van der Waals surface area (Å²) in [5, 5.41) is 2.85. The minimum absolute atomic E-state index is 0.174. The van der Waals surface area contributed by atoms with Crippen LogP contribution in [0.5, 0.6) is 0 Å². The van der Waals surface area contributed by atoms with Crippen LogP contribution < -0.4 is 9.62 Å². The summed E-state index contributed by atoms with van der Waals surface area (Å²) in [6.45, 7) is 4.08. The van der Waals surface area contributed by atoms with E-state index in [1.807, 2.05) is 26.0 Å². The van der Waals surface area contributed by atoms with E-state index in [9.17, 15) is 17.6 Å². The highest BCUT2D eigenvalue weighted by Gasteiger charge is 2.18. The third-order valence-corrected chi connectivity index (χ3v) is 5.74. The number of hydrogen-bond donors (Lipinski definition) is 1. The number of benzene rings is 2. The fourth-order valence-electron chi connectivity index (χ4n) is 2.92. The first-order valence-electron chi connectivity index (χ1n) is 9.32. The number of hydrogen-bond acceptors (Lipinski definition) is 3. The molecule has 0 aliphatic heterocycles. The molecule has 0 aliphatic rings. The van der Waals surface area contributed by atoms with Gasteiger partial charge in [-0.05, 0) is 55.2 Å². The highest BCUT2D eigenvalue weighted by atomic mass is 32.2. The van der Waals surface area contributed by atoms with Gasteiger partial charge in [0.2, 0.25) is 15.9 Å². The smallest absolute Gasteiger partial charge is 0.232 e. The summed E-state index contributed by atoms with van der Waals surface area (Å²) in [5.41, 5.74) is 2.54. The van der Waals surface area contributed by atoms with E-state index in [0.29, 0.717) is 12.1 Å². The van der Waals surface area contributed by atoms with E-state index >= 15 is 0 Å². The molecule has 0 radical (unpaired) electrons. The van der Waals surface area contributed by atoms with Crippen LogP contribution in [0.3, 0.4) is 0 Å². The van der Waals surface area contributed by atoms with E-state index in [1.165, 1.54) is 16.4 Å². The predicted molar refractivity (Wildman–Crippen MR) is 110 cm³/mol. The highest BCUT2D eigenvalue weighted by molar-refractivity contribution is 7.92. The van der Waals surface area contributed by atoms with Gasteiger partial charge in [0, 0.05) is 13.0 Å². The third-order valence-electron chi connectivity index (χ3n) is 4.55. The lowest BCUT2D eigenvalue weighted by molar-refractivity contribution is -0.121. The molecular weight excluding hydrogens is 379 g/mol. The Labute approximate surface area is 166 Å². The van der Waals surface area contributed by atoms with Crippen molar-refractivity contribution in [3.63, 3.8) is 0 Å². The van der Waals surface area contributed by atoms with Crippen LogP contribution in [0.1, 0.15) is 43.9 Å². The molecule has 0 aromatic heterocycles. The van der Waals surface area contributed by atoms with Crippen molar-refractivity contribution in [2.75, 3.05) is 17.1 Å². The molecule has 7 heteroatoms. The summed E-state index contributed by atoms with van der Waals surface area (Å²) in [6.07, 6.45) is 2.64. The van der Waals surface area contributed by atoms with Crippen molar-refractivity contribution in [1.82, 2.24) is 5.32 Å². The number of halogens is 1. The van der Waals surface area contributed by atoms with E-state index in [2.05, 4.69) is 5.32 Å². The summed E-state index contributed by atoms with van der Waals surface area (Å²) >= 11 is 0. The largest absolute Gasteiger partial charge is 0.350 e. The first-order valence-corrected chi connectivity index (χ1v) is 11.2. The van der Waals surface area contributed by atoms with Crippen molar-refractivity contribution in [3.05, 3.63) is 65.5 Å². The Hall–Kier alpha value is -2.41. The number of nitrogens with zero attached hydrogens (tertiary/aromatic N) is 1. The van der Waals surface area contributed by atoms with Crippen LogP contribution in [-0.4, -0.2) is 27.1 Å². The fraction of sp³-hybridized carbons (Fsp3) is 0.381. The number of amides is 1. The van der Waals surface area contributed by atoms with Gasteiger partial charge in [0.15, 0.2) is 0 Å². The predicted octanol–water partition coefficient (Wildman–Crippen LogP) is 3.81. The second-order valence-electron chi connectivity index (χ2n) is 6.80. The van der Waals surface area contributed by atoms with E-state index in [4.69, 9.17) is 0 Å². The van der Waals surface area contributed by atoms with Gasteiger partial charge in [-0.15, -0.1) is 0 Å². The second kappa shape index (κ2) is 9.68. The van der Waals surface area contributed by atoms with Crippen molar-refractivity contribution < 1.29 is 17.6 Å². The molecule has 2 aromatic rings. The minimum Gasteiger partial charge on any atom is -0.350 e. The molecule has 2 aromatic carbocycles. The van der Waals surface area contributed by atoms with Crippen molar-refractivity contribution in [2.24, 2.45) is 0 Å². The molecule has 5 nitrogen and oxygen atoms in total. The lowest BCUT2D eigenvalue weighted by atomic mass is 10.1. The number of carbonyl (C=O) groups is 1. The Morgan fingerprint density at radius 1 is 1.11 bits per heavy atom. The number of rotatable bonds is 9. The molecule has 1 atom stereocenters. The lowest BCUT2D eigenvalue weighted by Gasteiger charge is -2.23. The van der Waals surface area contributed by atoms with E-state index in [1.54, 1.807) is 24.3 Å². The van der Waals surface area contributed by atoms with Gasteiger partial charge in [-0.2, -0.15) is 0 Å². The zero-order valence-electron chi connectivity index (χ0n) is 16.5. The quantitative estimate of drug-likeness (QED) is 0.689. The SMILES string of the molecule is CCc1ccc(N(CCCC(=O)NC(C)c2ccc(F)cc2)S(C)(=O)=O)cc1. The maximum Gasteiger partial charge on any atom is 0.232 e. The van der Waals surface area contributed by atoms with Crippen LogP contribution in [0.2, 0.25) is 0 Å². The molecule has 28 heavy (non-hydrogen) atoms. The normalized spacial score (nSPS) is 12.4. The Kier molecular flexibility index (Phi) is 7.57. The Bertz CT molecular complexity index is 881. The molecule has 0 saturated heterocycles. The first-order chi connectivity index (χ1) is 13.2. The van der Waals surface area contributed by atoms with Gasteiger partial charge in [0.25, 0.3) is 0 Å². The molecule has 1 unspecified atom stereocenters. The number of anilines is 1. The molecular formula is C21H27FN2O3S. The Morgan fingerprint density at radius 3 is 2.25 bits per heavy atom. The number of nitrogens with one attached hydrogen (secondary N) is 1. The molecule has 0 aliphatic carbocycles. The molecule has 2 rings (SSSR count). The van der Waals surface area contributed by atoms with Crippen LogP contribution in [0.25, 0.3) is 0 Å². The average molecular weight is 407 g/mol. The monoisotopic (exact) mass is 406 g/mol. The lowest BCUT2D eigenvalue weighted by Crippen LogP contribution is -2.32. The van der Waals surface area contributed by atoms with Gasteiger partial charge in [-0.25, -0.2) is 12.8 Å². The summed E-state index contributed by atoms with van der Waals surface area (Å²) < 4.78 is 38.6. The van der Waals surface area contributed by atoms with Gasteiger partial charge in [-0.1, -0.05) is 31.2 Å². The van der Waals surface area contributed by atoms with Gasteiger partial charge >= 0.3 is 0 Å². The van der Waals surface area contributed by atoms with Crippen LogP contribution in [0.15, 0.2) is 48.5 Å². The molecule has 0 heterocycles. The van der Waals surface area contributed by atoms with Crippen LogP contribution in [0, 0.1) is 5.82 Å². The molecule has 0 fully saturated rings. The number of carbonyl (C=O) groups excluding carboxylic acids is 1. The number of sulfonamides is 1. The van der Waals surface area contributed by atoms with Crippen molar-refractivity contribution in [2.45, 2.75) is 39.2 Å². The van der Waals surface area contributed by atoms with Crippen LogP contribution in [-0.2, 0) is 21.2 Å². The second-order valence-corrected chi connectivity index (χ2v) is 8.71. The van der Waals surface area contributed by atoms with Crippen molar-refractivity contribution in [1.29, 1.82) is 0 Å². The van der Waals surface area contributed by atoms with E-state index in [0.717, 1.165) is 23.8 Å². The summed E-state index contributed by atoms with van der Waals surface area (Å²) in [6, 6.07) is 13.1. The van der Waals surface area contributed by atoms with Gasteiger partial charge in [0.05, 0.1) is 18.0 Å². The average Bonchev–Trinajstić information content (AvgIpc) is 2.65. The van der Waals surface area contributed by atoms with Crippen LogP contribution >= 0.6 is 0 Å². The van der Waals surface area contributed by atoms with Gasteiger partial charge in [0.1, 0.15) is 5.82 Å². The molecule has 1 N–H and O–H groups in total. The zero-order valence-corrected chi connectivity index (χ0v) is 17.3. The van der Waals surface area contributed by atoms with E-state index < -0.39 is 10.0 Å². The van der Waals surface area contributed by atoms with Crippen molar-refractivity contribution in [3.8, 4) is 0 Å². The van der Waals surface area contributed by atoms with Gasteiger partial charge in [-0.3, -0.25) is 9.10 Å². The summed E-state index contributed by atoms with van der Waals surface area (Å²) in [5.74, 6) is -0.498. The molecule has 152 valence electrons. The standard InChI is InChI=1S/C21H27FN2O3S/c1-4-17-7-13-20(14-8-17)24(28(3,26)27)15-5-6-21(25)23-16(2)18-9-11-19(22)12-10-18/h7-14,16H,4-6,15H2,1-3H3,(H,23,25). The number of aryl methyl sites for hydroxylation is 1. The van der Waals surface area contributed by atoms with E-state index in [-0.39, 0.29) is 30.7 Å². The topological polar surface area (TPSA) is 66.5 Å². The highest BCUT2D eigenvalue weighted by Crippen LogP contribution is 2.19. The third kappa shape index (κ3) is 6.34. The molecule has 1 amide bonds. The van der Waals surface area contributed by atoms with Gasteiger partial charge < -0.3 is 5.32 Å². The first kappa shape index (κ1) is 21.9. The summed E-state index contributed by atoms with van der Waals surface area (Å²) in [7, 11) is -3.44. The van der Waals surface area contributed by atoms with Crippen molar-refractivity contribution >= 4 is 21.6 Å². The molecule has 0 spiro atoms.